The van der Waals surface area contributed by atoms with Crippen molar-refractivity contribution in [1.29, 1.82) is 0 Å². The fourth-order valence-corrected chi connectivity index (χ4v) is 4.31. The quantitative estimate of drug-likeness (QED) is 0.811. The van der Waals surface area contributed by atoms with E-state index in [4.69, 9.17) is 23.2 Å². The molecule has 0 N–H and O–H groups in total. The van der Waals surface area contributed by atoms with Gasteiger partial charge in [-0.1, -0.05) is 42.1 Å². The van der Waals surface area contributed by atoms with Gasteiger partial charge in [0.15, 0.2) is 0 Å². The van der Waals surface area contributed by atoms with Crippen LogP contribution in [0.4, 0.5) is 0 Å². The van der Waals surface area contributed by atoms with Gasteiger partial charge in [-0.25, -0.2) is 0 Å². The third-order valence-electron chi connectivity index (χ3n) is 3.97. The summed E-state index contributed by atoms with van der Waals surface area (Å²) in [4.78, 5) is 14.4. The highest BCUT2D eigenvalue weighted by Gasteiger charge is 2.26. The lowest BCUT2D eigenvalue weighted by Gasteiger charge is -2.23. The first-order valence-electron chi connectivity index (χ1n) is 7.59. The van der Waals surface area contributed by atoms with E-state index in [2.05, 4.69) is 0 Å². The third kappa shape index (κ3) is 4.71. The van der Waals surface area contributed by atoms with E-state index >= 15 is 0 Å². The van der Waals surface area contributed by atoms with Crippen LogP contribution >= 0.6 is 23.2 Å². The summed E-state index contributed by atoms with van der Waals surface area (Å²) in [6.45, 7) is 3.30. The van der Waals surface area contributed by atoms with Gasteiger partial charge in [0.25, 0.3) is 0 Å². The Morgan fingerprint density at radius 2 is 1.86 bits per heavy atom. The summed E-state index contributed by atoms with van der Waals surface area (Å²) in [5.74, 6) is 0.266. The lowest BCUT2D eigenvalue weighted by molar-refractivity contribution is -0.130. The van der Waals surface area contributed by atoms with Crippen LogP contribution in [0.1, 0.15) is 38.2 Å². The van der Waals surface area contributed by atoms with Crippen LogP contribution < -0.4 is 0 Å². The smallest absolute Gasteiger partial charge is 0.238 e. The molecule has 1 aromatic rings. The first kappa shape index (κ1) is 17.8. The van der Waals surface area contributed by atoms with Gasteiger partial charge < -0.3 is 4.90 Å². The summed E-state index contributed by atoms with van der Waals surface area (Å²) in [6, 6.07) is 5.13. The second-order valence-corrected chi connectivity index (χ2v) is 8.24. The molecule has 1 aliphatic heterocycles. The Hall–Kier alpha value is -0.580. The minimum absolute atomic E-state index is 0.00896. The molecule has 1 saturated heterocycles. The van der Waals surface area contributed by atoms with Crippen LogP contribution in [0.3, 0.4) is 0 Å². The number of hydrogen-bond donors (Lipinski definition) is 0. The van der Waals surface area contributed by atoms with Crippen LogP contribution in [0.25, 0.3) is 0 Å². The first-order valence-corrected chi connectivity index (χ1v) is 9.72. The first-order chi connectivity index (χ1) is 10.5. The van der Waals surface area contributed by atoms with Gasteiger partial charge in [-0.05, 0) is 37.5 Å². The van der Waals surface area contributed by atoms with Crippen molar-refractivity contribution in [1.82, 2.24) is 4.90 Å². The zero-order valence-corrected chi connectivity index (χ0v) is 15.0. The molecule has 2 atom stereocenters. The van der Waals surface area contributed by atoms with Crippen LogP contribution in [0.2, 0.25) is 10.0 Å². The van der Waals surface area contributed by atoms with Gasteiger partial charge in [-0.15, -0.1) is 0 Å². The summed E-state index contributed by atoms with van der Waals surface area (Å²) in [7, 11) is -1.29. The van der Waals surface area contributed by atoms with E-state index in [1.165, 1.54) is 12.8 Å². The second kappa shape index (κ2) is 8.32. The van der Waals surface area contributed by atoms with Gasteiger partial charge in [0.1, 0.15) is 5.25 Å². The Bertz CT molecular complexity index is 557. The Morgan fingerprint density at radius 1 is 1.23 bits per heavy atom. The summed E-state index contributed by atoms with van der Waals surface area (Å²) in [5.41, 5.74) is 0.764. The van der Waals surface area contributed by atoms with E-state index in [9.17, 15) is 9.00 Å². The van der Waals surface area contributed by atoms with E-state index in [1.807, 2.05) is 4.90 Å². The molecule has 1 amide bonds. The van der Waals surface area contributed by atoms with Crippen LogP contribution in [-0.2, 0) is 21.3 Å². The number of hydrogen-bond acceptors (Lipinski definition) is 2. The zero-order valence-electron chi connectivity index (χ0n) is 12.7. The monoisotopic (exact) mass is 361 g/mol. The van der Waals surface area contributed by atoms with Crippen molar-refractivity contribution >= 4 is 39.9 Å². The van der Waals surface area contributed by atoms with Crippen LogP contribution in [0, 0.1) is 0 Å². The molecule has 1 heterocycles. The molecule has 0 radical (unpaired) electrons. The number of likely N-dealkylation sites (tertiary alicyclic amines) is 1. The Kier molecular flexibility index (Phi) is 6.72. The second-order valence-electron chi connectivity index (χ2n) is 5.64. The average Bonchev–Trinajstić information content (AvgIpc) is 2.77. The average molecular weight is 362 g/mol. The molecule has 0 aromatic heterocycles. The van der Waals surface area contributed by atoms with Gasteiger partial charge in [0.05, 0.1) is 5.75 Å². The van der Waals surface area contributed by atoms with E-state index in [0.29, 0.717) is 10.0 Å². The summed E-state index contributed by atoms with van der Waals surface area (Å²) in [6.07, 6.45) is 4.41. The van der Waals surface area contributed by atoms with Gasteiger partial charge in [0, 0.05) is 33.9 Å². The van der Waals surface area contributed by atoms with Crippen LogP contribution in [-0.4, -0.2) is 33.4 Å². The highest BCUT2D eigenvalue weighted by atomic mass is 35.5. The standard InChI is InChI=1S/C16H21Cl2NO2S/c1-12(16(20)19-8-4-2-3-5-9-19)22(21)11-13-6-7-14(17)10-15(13)18/h6-7,10,12H,2-5,8-9,11H2,1H3. The Labute approximate surface area is 144 Å². The molecule has 1 aromatic carbocycles. The molecule has 122 valence electrons. The van der Waals surface area contributed by atoms with E-state index in [1.54, 1.807) is 25.1 Å². The molecule has 0 bridgehead atoms. The van der Waals surface area contributed by atoms with Crippen molar-refractivity contribution in [3.63, 3.8) is 0 Å². The van der Waals surface area contributed by atoms with Gasteiger partial charge >= 0.3 is 0 Å². The van der Waals surface area contributed by atoms with Crippen LogP contribution in [0.5, 0.6) is 0 Å². The maximum absolute atomic E-state index is 12.5. The molecule has 2 rings (SSSR count). The van der Waals surface area contributed by atoms with Crippen molar-refractivity contribution in [3.05, 3.63) is 33.8 Å². The number of carbonyl (C=O) groups excluding carboxylic acids is 1. The van der Waals surface area contributed by atoms with Crippen molar-refractivity contribution < 1.29 is 9.00 Å². The molecule has 1 fully saturated rings. The lowest BCUT2D eigenvalue weighted by atomic mass is 10.2. The minimum Gasteiger partial charge on any atom is -0.342 e. The summed E-state index contributed by atoms with van der Waals surface area (Å²) >= 11 is 12.0. The predicted octanol–water partition coefficient (Wildman–Crippen LogP) is 4.03. The summed E-state index contributed by atoms with van der Waals surface area (Å²) < 4.78 is 12.5. The zero-order chi connectivity index (χ0) is 16.1. The highest BCUT2D eigenvalue weighted by molar-refractivity contribution is 7.85. The molecule has 0 aliphatic carbocycles. The molecule has 2 unspecified atom stereocenters. The van der Waals surface area contributed by atoms with Crippen LogP contribution in [0.15, 0.2) is 18.2 Å². The number of carbonyl (C=O) groups is 1. The SMILES string of the molecule is CC(C(=O)N1CCCCCC1)S(=O)Cc1ccc(Cl)cc1Cl. The Morgan fingerprint density at radius 3 is 2.45 bits per heavy atom. The maximum Gasteiger partial charge on any atom is 0.238 e. The maximum atomic E-state index is 12.5. The van der Waals surface area contributed by atoms with Gasteiger partial charge in [-0.2, -0.15) is 0 Å². The largest absolute Gasteiger partial charge is 0.342 e. The van der Waals surface area contributed by atoms with E-state index in [0.717, 1.165) is 31.5 Å². The fraction of sp³-hybridized carbons (Fsp3) is 0.562. The van der Waals surface area contributed by atoms with E-state index < -0.39 is 16.0 Å². The molecule has 22 heavy (non-hydrogen) atoms. The molecule has 0 spiro atoms. The van der Waals surface area contributed by atoms with E-state index in [-0.39, 0.29) is 11.7 Å². The van der Waals surface area contributed by atoms with Crippen molar-refractivity contribution in [2.24, 2.45) is 0 Å². The Balaban J connectivity index is 2.00. The number of amides is 1. The normalized spacial score (nSPS) is 18.6. The number of benzene rings is 1. The van der Waals surface area contributed by atoms with Crippen molar-refractivity contribution in [2.75, 3.05) is 13.1 Å². The number of nitrogens with zero attached hydrogens (tertiary/aromatic N) is 1. The highest BCUT2D eigenvalue weighted by Crippen LogP contribution is 2.23. The molecular formula is C16H21Cl2NO2S. The molecular weight excluding hydrogens is 341 g/mol. The van der Waals surface area contributed by atoms with Crippen molar-refractivity contribution in [2.45, 2.75) is 43.6 Å². The van der Waals surface area contributed by atoms with Gasteiger partial charge in [-0.3, -0.25) is 9.00 Å². The fourth-order valence-electron chi connectivity index (χ4n) is 2.58. The topological polar surface area (TPSA) is 37.4 Å². The molecule has 3 nitrogen and oxygen atoms in total. The molecule has 0 saturated carbocycles. The van der Waals surface area contributed by atoms with Gasteiger partial charge in [0.2, 0.25) is 5.91 Å². The lowest BCUT2D eigenvalue weighted by Crippen LogP contribution is -2.40. The molecule has 6 heteroatoms. The third-order valence-corrected chi connectivity index (χ3v) is 6.15. The number of rotatable bonds is 4. The predicted molar refractivity (Wildman–Crippen MR) is 92.8 cm³/mol. The molecule has 1 aliphatic rings. The number of halogens is 2. The van der Waals surface area contributed by atoms with Crippen molar-refractivity contribution in [3.8, 4) is 0 Å². The minimum atomic E-state index is -1.29. The summed E-state index contributed by atoms with van der Waals surface area (Å²) in [5, 5.41) is 0.536.